The second kappa shape index (κ2) is 9.23. The molecule has 1 aromatic heterocycles. The number of ketones is 1. The van der Waals surface area contributed by atoms with Crippen LogP contribution >= 0.6 is 27.3 Å². The fourth-order valence-corrected chi connectivity index (χ4v) is 6.06. The van der Waals surface area contributed by atoms with E-state index in [1.165, 1.54) is 4.88 Å². The van der Waals surface area contributed by atoms with E-state index >= 15 is 0 Å². The minimum atomic E-state index is -0.311. The standard InChI is InChI=1S/C26H25BrN2O3S/c1-3-32-26-17(27)11-16(14-22(26)31-2)25-24-20(28-18-7-4-5-8-19(18)29-25)12-15(13-21(24)30)23-9-6-10-33-23/h4-11,14-15,25,28-29H,3,12-13H2,1-2H3/t15-,25+/m0/s1. The summed E-state index contributed by atoms with van der Waals surface area (Å²) in [6, 6.07) is 15.9. The molecule has 0 saturated carbocycles. The Morgan fingerprint density at radius 2 is 1.94 bits per heavy atom. The van der Waals surface area contributed by atoms with Gasteiger partial charge >= 0.3 is 0 Å². The van der Waals surface area contributed by atoms with E-state index in [2.05, 4.69) is 44.1 Å². The van der Waals surface area contributed by atoms with Gasteiger partial charge in [0, 0.05) is 28.5 Å². The molecule has 33 heavy (non-hydrogen) atoms. The number of hydrogen-bond acceptors (Lipinski definition) is 6. The van der Waals surface area contributed by atoms with E-state index in [9.17, 15) is 4.79 Å². The minimum Gasteiger partial charge on any atom is -0.493 e. The van der Waals surface area contributed by atoms with Crippen LogP contribution in [0.3, 0.4) is 0 Å². The Bertz CT molecular complexity index is 1220. The third-order valence-electron chi connectivity index (χ3n) is 6.13. The number of hydrogen-bond donors (Lipinski definition) is 2. The van der Waals surface area contributed by atoms with Gasteiger partial charge in [0.15, 0.2) is 17.3 Å². The largest absolute Gasteiger partial charge is 0.493 e. The van der Waals surface area contributed by atoms with Gasteiger partial charge in [0.05, 0.1) is 35.6 Å². The molecule has 2 atom stereocenters. The highest BCUT2D eigenvalue weighted by molar-refractivity contribution is 9.10. The highest BCUT2D eigenvalue weighted by atomic mass is 79.9. The van der Waals surface area contributed by atoms with Crippen molar-refractivity contribution in [2.45, 2.75) is 31.7 Å². The predicted molar refractivity (Wildman–Crippen MR) is 137 cm³/mol. The number of thiophene rings is 1. The number of ether oxygens (including phenoxy) is 2. The third-order valence-corrected chi connectivity index (χ3v) is 7.75. The van der Waals surface area contributed by atoms with Crippen LogP contribution in [0.4, 0.5) is 11.4 Å². The summed E-state index contributed by atoms with van der Waals surface area (Å²) in [5.41, 5.74) is 4.65. The lowest BCUT2D eigenvalue weighted by Gasteiger charge is -2.29. The van der Waals surface area contributed by atoms with Gasteiger partial charge in [-0.15, -0.1) is 11.3 Å². The Balaban J connectivity index is 1.64. The molecule has 2 aliphatic rings. The van der Waals surface area contributed by atoms with Crippen LogP contribution in [-0.2, 0) is 4.79 Å². The van der Waals surface area contributed by atoms with E-state index in [0.717, 1.165) is 39.1 Å². The normalized spacial score (nSPS) is 19.7. The smallest absolute Gasteiger partial charge is 0.175 e. The Morgan fingerprint density at radius 3 is 2.67 bits per heavy atom. The highest BCUT2D eigenvalue weighted by Gasteiger charge is 2.36. The Morgan fingerprint density at radius 1 is 1.12 bits per heavy atom. The van der Waals surface area contributed by atoms with Crippen molar-refractivity contribution in [3.63, 3.8) is 0 Å². The zero-order chi connectivity index (χ0) is 22.9. The Labute approximate surface area is 205 Å². The maximum absolute atomic E-state index is 13.6. The van der Waals surface area contributed by atoms with Crippen molar-refractivity contribution in [1.82, 2.24) is 0 Å². The van der Waals surface area contributed by atoms with Crippen LogP contribution in [0.15, 0.2) is 69.7 Å². The lowest BCUT2D eigenvalue weighted by atomic mass is 9.80. The summed E-state index contributed by atoms with van der Waals surface area (Å²) in [7, 11) is 1.63. The molecule has 2 aromatic carbocycles. The quantitative estimate of drug-likeness (QED) is 0.380. The fraction of sp³-hybridized carbons (Fsp3) is 0.269. The molecular formula is C26H25BrN2O3S. The summed E-state index contributed by atoms with van der Waals surface area (Å²) >= 11 is 5.37. The maximum Gasteiger partial charge on any atom is 0.175 e. The molecule has 0 saturated heterocycles. The van der Waals surface area contributed by atoms with Crippen molar-refractivity contribution in [3.05, 3.63) is 80.1 Å². The summed E-state index contributed by atoms with van der Waals surface area (Å²) in [5, 5.41) is 9.30. The van der Waals surface area contributed by atoms with Gasteiger partial charge in [-0.2, -0.15) is 0 Å². The van der Waals surface area contributed by atoms with E-state index in [1.807, 2.05) is 43.3 Å². The number of halogens is 1. The number of carbonyl (C=O) groups is 1. The van der Waals surface area contributed by atoms with Crippen LogP contribution in [0.25, 0.3) is 0 Å². The minimum absolute atomic E-state index is 0.163. The maximum atomic E-state index is 13.6. The van der Waals surface area contributed by atoms with E-state index < -0.39 is 0 Å². The first-order chi connectivity index (χ1) is 16.1. The molecule has 0 spiro atoms. The molecule has 1 aliphatic heterocycles. The summed E-state index contributed by atoms with van der Waals surface area (Å²) < 4.78 is 12.2. The number of allylic oxidation sites excluding steroid dienone is 1. The van der Waals surface area contributed by atoms with Crippen LogP contribution in [-0.4, -0.2) is 19.5 Å². The lowest BCUT2D eigenvalue weighted by molar-refractivity contribution is -0.116. The van der Waals surface area contributed by atoms with Gasteiger partial charge in [-0.25, -0.2) is 0 Å². The van der Waals surface area contributed by atoms with E-state index in [4.69, 9.17) is 9.47 Å². The molecule has 1 aliphatic carbocycles. The van der Waals surface area contributed by atoms with Crippen LogP contribution < -0.4 is 20.1 Å². The number of benzene rings is 2. The number of carbonyl (C=O) groups excluding carboxylic acids is 1. The molecule has 0 amide bonds. The van der Waals surface area contributed by atoms with Crippen molar-refractivity contribution < 1.29 is 14.3 Å². The number of methoxy groups -OCH3 is 1. The van der Waals surface area contributed by atoms with E-state index in [0.29, 0.717) is 24.5 Å². The summed E-state index contributed by atoms with van der Waals surface area (Å²) in [4.78, 5) is 14.9. The zero-order valence-electron chi connectivity index (χ0n) is 18.5. The van der Waals surface area contributed by atoms with Gasteiger partial charge in [-0.3, -0.25) is 4.79 Å². The van der Waals surface area contributed by atoms with Crippen LogP contribution in [0.2, 0.25) is 0 Å². The number of nitrogens with one attached hydrogen (secondary N) is 2. The SMILES string of the molecule is CCOc1c(Br)cc([C@H]2Nc3ccccc3NC3=C2C(=O)C[C@@H](c2cccs2)C3)cc1OC. The van der Waals surface area contributed by atoms with Gasteiger partial charge in [0.1, 0.15) is 0 Å². The van der Waals surface area contributed by atoms with Gasteiger partial charge in [-0.1, -0.05) is 18.2 Å². The first-order valence-corrected chi connectivity index (χ1v) is 12.7. The summed E-state index contributed by atoms with van der Waals surface area (Å²) in [5.74, 6) is 1.65. The molecule has 2 N–H and O–H groups in total. The number of rotatable bonds is 5. The van der Waals surface area contributed by atoms with Crippen molar-refractivity contribution >= 4 is 44.4 Å². The highest BCUT2D eigenvalue weighted by Crippen LogP contribution is 2.47. The van der Waals surface area contributed by atoms with Gasteiger partial charge in [-0.05, 0) is 70.5 Å². The Kier molecular flexibility index (Phi) is 6.17. The molecule has 0 fully saturated rings. The molecule has 5 nitrogen and oxygen atoms in total. The summed E-state index contributed by atoms with van der Waals surface area (Å²) in [6.45, 7) is 2.47. The van der Waals surface area contributed by atoms with E-state index in [1.54, 1.807) is 18.4 Å². The zero-order valence-corrected chi connectivity index (χ0v) is 20.9. The molecule has 5 rings (SSSR count). The van der Waals surface area contributed by atoms with E-state index in [-0.39, 0.29) is 17.7 Å². The second-order valence-electron chi connectivity index (χ2n) is 8.15. The number of Topliss-reactive ketones (excluding diaryl/α,β-unsaturated/α-hetero) is 1. The molecule has 0 unspecified atom stereocenters. The third kappa shape index (κ3) is 4.15. The fourth-order valence-electron chi connectivity index (χ4n) is 4.66. The van der Waals surface area contributed by atoms with Crippen molar-refractivity contribution in [3.8, 4) is 11.5 Å². The molecule has 0 bridgehead atoms. The van der Waals surface area contributed by atoms with Gasteiger partial charge < -0.3 is 20.1 Å². The van der Waals surface area contributed by atoms with Crippen molar-refractivity contribution in [1.29, 1.82) is 0 Å². The predicted octanol–water partition coefficient (Wildman–Crippen LogP) is 6.90. The van der Waals surface area contributed by atoms with Crippen molar-refractivity contribution in [2.24, 2.45) is 0 Å². The van der Waals surface area contributed by atoms with Crippen LogP contribution in [0.1, 0.15) is 42.2 Å². The summed E-state index contributed by atoms with van der Waals surface area (Å²) in [6.07, 6.45) is 1.30. The molecule has 2 heterocycles. The first-order valence-electron chi connectivity index (χ1n) is 11.0. The number of para-hydroxylation sites is 2. The number of anilines is 2. The van der Waals surface area contributed by atoms with Crippen molar-refractivity contribution in [2.75, 3.05) is 24.4 Å². The average molecular weight is 525 g/mol. The molecule has 7 heteroatoms. The monoisotopic (exact) mass is 524 g/mol. The molecular weight excluding hydrogens is 500 g/mol. The average Bonchev–Trinajstić information content (AvgIpc) is 3.29. The molecule has 0 radical (unpaired) electrons. The molecule has 170 valence electrons. The van der Waals surface area contributed by atoms with Crippen LogP contribution in [0, 0.1) is 0 Å². The second-order valence-corrected chi connectivity index (χ2v) is 9.98. The van der Waals surface area contributed by atoms with Gasteiger partial charge in [0.25, 0.3) is 0 Å². The Hall–Kier alpha value is -2.77. The lowest BCUT2D eigenvalue weighted by Crippen LogP contribution is -2.26. The first kappa shape index (κ1) is 22.0. The molecule has 3 aromatic rings. The number of fused-ring (bicyclic) bond motifs is 1. The topological polar surface area (TPSA) is 59.6 Å². The van der Waals surface area contributed by atoms with Crippen LogP contribution in [0.5, 0.6) is 11.5 Å². The van der Waals surface area contributed by atoms with Gasteiger partial charge in [0.2, 0.25) is 0 Å².